The van der Waals surface area contributed by atoms with Crippen LogP contribution < -0.4 is 5.32 Å². The lowest BCUT2D eigenvalue weighted by Gasteiger charge is -2.46. The maximum Gasteiger partial charge on any atom is 0.208 e. The third kappa shape index (κ3) is 2.34. The van der Waals surface area contributed by atoms with Crippen LogP contribution in [0.25, 0.3) is 0 Å². The molecular weight excluding hydrogens is 221 g/mol. The number of benzene rings is 1. The summed E-state index contributed by atoms with van der Waals surface area (Å²) in [6.07, 6.45) is 0. The molecule has 0 radical (unpaired) electrons. The van der Waals surface area contributed by atoms with Crippen molar-refractivity contribution < 1.29 is 14.2 Å². The van der Waals surface area contributed by atoms with E-state index in [1.54, 1.807) is 12.1 Å². The molecule has 2 rings (SSSR count). The highest BCUT2D eigenvalue weighted by Gasteiger charge is 2.44. The van der Waals surface area contributed by atoms with E-state index in [-0.39, 0.29) is 17.4 Å². The van der Waals surface area contributed by atoms with E-state index in [9.17, 15) is 9.50 Å². The van der Waals surface area contributed by atoms with E-state index in [0.29, 0.717) is 12.2 Å². The molecule has 94 valence electrons. The molecule has 0 amide bonds. The van der Waals surface area contributed by atoms with Crippen LogP contribution in [-0.2, 0) is 10.5 Å². The molecule has 3 nitrogen and oxygen atoms in total. The first-order chi connectivity index (χ1) is 7.83. The van der Waals surface area contributed by atoms with Crippen LogP contribution >= 0.6 is 0 Å². The number of nitrogens with one attached hydrogen (secondary N) is 1. The van der Waals surface area contributed by atoms with Crippen molar-refractivity contribution in [3.63, 3.8) is 0 Å². The number of hydrogen-bond acceptors (Lipinski definition) is 3. The largest absolute Gasteiger partial charge is 0.361 e. The Hall–Kier alpha value is -0.970. The molecule has 0 bridgehead atoms. The predicted octanol–water partition coefficient (Wildman–Crippen LogP) is 1.76. The highest BCUT2D eigenvalue weighted by atomic mass is 19.1. The monoisotopic (exact) mass is 239 g/mol. The summed E-state index contributed by atoms with van der Waals surface area (Å²) >= 11 is 0. The average molecular weight is 239 g/mol. The van der Waals surface area contributed by atoms with Gasteiger partial charge in [-0.05, 0) is 32.9 Å². The Morgan fingerprint density at radius 1 is 1.35 bits per heavy atom. The first kappa shape index (κ1) is 12.5. The van der Waals surface area contributed by atoms with Gasteiger partial charge in [-0.15, -0.1) is 0 Å². The second kappa shape index (κ2) is 4.05. The zero-order valence-corrected chi connectivity index (χ0v) is 10.3. The first-order valence-electron chi connectivity index (χ1n) is 5.74. The van der Waals surface area contributed by atoms with E-state index >= 15 is 0 Å². The molecular formula is C13H18FNO2. The summed E-state index contributed by atoms with van der Waals surface area (Å²) in [7, 11) is 0. The zero-order valence-electron chi connectivity index (χ0n) is 10.3. The normalized spacial score (nSPS) is 32.4. The van der Waals surface area contributed by atoms with E-state index in [4.69, 9.17) is 4.74 Å². The van der Waals surface area contributed by atoms with E-state index in [1.165, 1.54) is 12.1 Å². The quantitative estimate of drug-likeness (QED) is 0.784. The molecule has 0 aromatic heterocycles. The second-order valence-electron chi connectivity index (χ2n) is 5.24. The van der Waals surface area contributed by atoms with Crippen molar-refractivity contribution in [1.29, 1.82) is 0 Å². The Labute approximate surface area is 101 Å². The van der Waals surface area contributed by atoms with Crippen molar-refractivity contribution in [2.45, 2.75) is 38.1 Å². The van der Waals surface area contributed by atoms with Gasteiger partial charge in [0.15, 0.2) is 0 Å². The maximum absolute atomic E-state index is 12.9. The lowest BCUT2D eigenvalue weighted by molar-refractivity contribution is -0.263. The van der Waals surface area contributed by atoms with Gasteiger partial charge in [0.25, 0.3) is 0 Å². The fourth-order valence-corrected chi connectivity index (χ4v) is 2.16. The van der Waals surface area contributed by atoms with Gasteiger partial charge in [-0.25, -0.2) is 4.39 Å². The summed E-state index contributed by atoms with van der Waals surface area (Å²) in [5, 5.41) is 13.8. The Balaban J connectivity index is 2.28. The Morgan fingerprint density at radius 3 is 2.47 bits per heavy atom. The van der Waals surface area contributed by atoms with Gasteiger partial charge in [0.1, 0.15) is 5.82 Å². The summed E-state index contributed by atoms with van der Waals surface area (Å²) in [6, 6.07) is 5.47. The van der Waals surface area contributed by atoms with Crippen molar-refractivity contribution in [3.8, 4) is 0 Å². The van der Waals surface area contributed by atoms with Crippen LogP contribution in [0, 0.1) is 5.82 Å². The van der Waals surface area contributed by atoms with E-state index in [2.05, 4.69) is 5.32 Å². The molecule has 2 N–H and O–H groups in total. The molecule has 0 unspecified atom stereocenters. The Kier molecular flexibility index (Phi) is 2.97. The van der Waals surface area contributed by atoms with Gasteiger partial charge in [-0.2, -0.15) is 0 Å². The molecule has 17 heavy (non-hydrogen) atoms. The molecule has 1 aromatic rings. The number of aliphatic hydroxyl groups is 1. The van der Waals surface area contributed by atoms with Crippen LogP contribution in [0.5, 0.6) is 0 Å². The van der Waals surface area contributed by atoms with Crippen LogP contribution in [0.2, 0.25) is 0 Å². The number of morpholine rings is 1. The lowest BCUT2D eigenvalue weighted by Crippen LogP contribution is -2.63. The van der Waals surface area contributed by atoms with Gasteiger partial charge in [0, 0.05) is 11.1 Å². The van der Waals surface area contributed by atoms with Gasteiger partial charge in [0.05, 0.1) is 12.6 Å². The number of ether oxygens (including phenoxy) is 1. The van der Waals surface area contributed by atoms with Gasteiger partial charge in [-0.3, -0.25) is 0 Å². The van der Waals surface area contributed by atoms with Gasteiger partial charge in [0.2, 0.25) is 5.79 Å². The molecule has 1 heterocycles. The highest BCUT2D eigenvalue weighted by Crippen LogP contribution is 2.32. The topological polar surface area (TPSA) is 41.5 Å². The number of hydrogen-bond donors (Lipinski definition) is 2. The van der Waals surface area contributed by atoms with Crippen molar-refractivity contribution in [2.24, 2.45) is 0 Å². The molecule has 1 aliphatic rings. The minimum Gasteiger partial charge on any atom is -0.361 e. The van der Waals surface area contributed by atoms with E-state index in [1.807, 2.05) is 20.8 Å². The van der Waals surface area contributed by atoms with E-state index in [0.717, 1.165) is 0 Å². The SMILES string of the molecule is C[C@H]1NC(C)(C)CO[C@@]1(O)c1ccc(F)cc1. The summed E-state index contributed by atoms with van der Waals surface area (Å²) in [6.45, 7) is 6.26. The van der Waals surface area contributed by atoms with Crippen LogP contribution in [0.3, 0.4) is 0 Å². The average Bonchev–Trinajstić information content (AvgIpc) is 2.25. The molecule has 0 saturated carbocycles. The summed E-state index contributed by atoms with van der Waals surface area (Å²) < 4.78 is 18.5. The molecule has 1 aliphatic heterocycles. The Bertz CT molecular complexity index is 404. The summed E-state index contributed by atoms with van der Waals surface area (Å²) in [4.78, 5) is 0. The highest BCUT2D eigenvalue weighted by molar-refractivity contribution is 5.23. The molecule has 2 atom stereocenters. The first-order valence-corrected chi connectivity index (χ1v) is 5.74. The van der Waals surface area contributed by atoms with Crippen LogP contribution in [0.1, 0.15) is 26.3 Å². The third-order valence-electron chi connectivity index (χ3n) is 3.11. The number of rotatable bonds is 1. The predicted molar refractivity (Wildman–Crippen MR) is 62.9 cm³/mol. The van der Waals surface area contributed by atoms with Crippen LogP contribution in [0.15, 0.2) is 24.3 Å². The number of halogens is 1. The Morgan fingerprint density at radius 2 is 1.94 bits per heavy atom. The van der Waals surface area contributed by atoms with E-state index < -0.39 is 5.79 Å². The minimum absolute atomic E-state index is 0.175. The van der Waals surface area contributed by atoms with Crippen molar-refractivity contribution in [1.82, 2.24) is 5.32 Å². The van der Waals surface area contributed by atoms with Gasteiger partial charge < -0.3 is 15.2 Å². The molecule has 1 saturated heterocycles. The fourth-order valence-electron chi connectivity index (χ4n) is 2.16. The maximum atomic E-state index is 12.9. The fraction of sp³-hybridized carbons (Fsp3) is 0.538. The molecule has 1 aromatic carbocycles. The summed E-state index contributed by atoms with van der Waals surface area (Å²) in [5.74, 6) is -1.72. The summed E-state index contributed by atoms with van der Waals surface area (Å²) in [5.41, 5.74) is 0.389. The lowest BCUT2D eigenvalue weighted by atomic mass is 9.92. The minimum atomic E-state index is -1.40. The van der Waals surface area contributed by atoms with Gasteiger partial charge >= 0.3 is 0 Å². The molecule has 0 aliphatic carbocycles. The standard InChI is InChI=1S/C13H18FNO2/c1-9-13(16,17-8-12(2,3)15-9)10-4-6-11(14)7-5-10/h4-7,9,15-16H,8H2,1-3H3/t9-,13-/m1/s1. The van der Waals surface area contributed by atoms with Crippen molar-refractivity contribution in [3.05, 3.63) is 35.6 Å². The zero-order chi connectivity index (χ0) is 12.7. The van der Waals surface area contributed by atoms with Gasteiger partial charge in [-0.1, -0.05) is 12.1 Å². The van der Waals surface area contributed by atoms with Crippen molar-refractivity contribution >= 4 is 0 Å². The van der Waals surface area contributed by atoms with Crippen LogP contribution in [0.4, 0.5) is 4.39 Å². The third-order valence-corrected chi connectivity index (χ3v) is 3.11. The smallest absolute Gasteiger partial charge is 0.208 e. The van der Waals surface area contributed by atoms with Crippen molar-refractivity contribution in [2.75, 3.05) is 6.61 Å². The van der Waals surface area contributed by atoms with Crippen LogP contribution in [-0.4, -0.2) is 23.3 Å². The molecule has 0 spiro atoms. The second-order valence-corrected chi connectivity index (χ2v) is 5.24. The molecule has 4 heteroatoms. The molecule has 1 fully saturated rings.